The number of ether oxygens (including phenoxy) is 1. The highest BCUT2D eigenvalue weighted by Gasteiger charge is 2.44. The number of aromatic hydroxyl groups is 1. The average Bonchev–Trinajstić information content (AvgIpc) is 3.62. The van der Waals surface area contributed by atoms with Crippen LogP contribution < -0.4 is 16.0 Å². The molecule has 0 saturated carbocycles. The number of nitrogens with one attached hydrogen (secondary N) is 3. The Hall–Kier alpha value is -6.07. The van der Waals surface area contributed by atoms with Crippen molar-refractivity contribution in [2.75, 3.05) is 34.2 Å². The Balaban J connectivity index is 1.86. The number of esters is 1. The minimum absolute atomic E-state index is 0.0936. The molecule has 18 nitrogen and oxygen atoms in total. The molecule has 0 bridgehead atoms. The highest BCUT2D eigenvalue weighted by Crippen LogP contribution is 2.28. The van der Waals surface area contributed by atoms with Crippen LogP contribution in [0.5, 0.6) is 5.75 Å². The van der Waals surface area contributed by atoms with Crippen LogP contribution in [0.1, 0.15) is 90.3 Å². The van der Waals surface area contributed by atoms with Gasteiger partial charge >= 0.3 is 5.97 Å². The molecule has 9 unspecified atom stereocenters. The monoisotopic (exact) mass is 876 g/mol. The van der Waals surface area contributed by atoms with Crippen LogP contribution in [-0.4, -0.2) is 148 Å². The van der Waals surface area contributed by atoms with Gasteiger partial charge in [0.2, 0.25) is 35.4 Å². The van der Waals surface area contributed by atoms with Crippen molar-refractivity contribution in [3.63, 3.8) is 0 Å². The summed E-state index contributed by atoms with van der Waals surface area (Å²) in [6.45, 7) is 13.7. The molecule has 18 heteroatoms. The fraction of sp³-hybridized carbons (Fsp3) is 0.578. The normalized spacial score (nSPS) is 27.0. The van der Waals surface area contributed by atoms with Gasteiger partial charge in [-0.25, -0.2) is 9.78 Å². The third kappa shape index (κ3) is 11.9. The van der Waals surface area contributed by atoms with Crippen LogP contribution in [0.15, 0.2) is 48.7 Å². The van der Waals surface area contributed by atoms with Gasteiger partial charge in [-0.3, -0.25) is 33.6 Å². The van der Waals surface area contributed by atoms with Gasteiger partial charge in [0, 0.05) is 33.9 Å². The van der Waals surface area contributed by atoms with Crippen molar-refractivity contribution in [3.8, 4) is 5.75 Å². The van der Waals surface area contributed by atoms with Crippen LogP contribution in [0.3, 0.4) is 0 Å². The number of aromatic nitrogens is 1. The Bertz CT molecular complexity index is 2010. The predicted molar refractivity (Wildman–Crippen MR) is 231 cm³/mol. The summed E-state index contributed by atoms with van der Waals surface area (Å²) in [6, 6.07) is 3.22. The molecule has 3 heterocycles. The molecule has 2 aliphatic heterocycles. The average molecular weight is 877 g/mol. The molecule has 1 aromatic carbocycles. The van der Waals surface area contributed by atoms with Gasteiger partial charge in [0.25, 0.3) is 5.91 Å². The lowest BCUT2D eigenvalue weighted by Gasteiger charge is -2.37. The molecule has 2 saturated heterocycles. The van der Waals surface area contributed by atoms with E-state index in [1.165, 1.54) is 68.0 Å². The number of carbonyl (C=O) groups is 8. The van der Waals surface area contributed by atoms with Crippen LogP contribution in [-0.2, 0) is 38.3 Å². The molecule has 2 aliphatic rings. The quantitative estimate of drug-likeness (QED) is 0.294. The zero-order valence-corrected chi connectivity index (χ0v) is 38.2. The SMILES string of the molecule is CC(C)CC1NC(=O)C(NC(=O)c2ncccc2O)C(C)OC(=O)C(c2ccccc2)N(C)C(=O)C(C)NC(=O)C(C(C)C(C)C)N(C)C(=O)CN(C)C(=O)C2CC(C)CN2C1=O. The summed E-state index contributed by atoms with van der Waals surface area (Å²) in [5, 5.41) is 18.5. The Morgan fingerprint density at radius 1 is 0.857 bits per heavy atom. The predicted octanol–water partition coefficient (Wildman–Crippen LogP) is 1.88. The second-order valence-corrected chi connectivity index (χ2v) is 17.7. The van der Waals surface area contributed by atoms with Gasteiger partial charge in [0.1, 0.15) is 42.1 Å². The van der Waals surface area contributed by atoms with Crippen LogP contribution in [0.2, 0.25) is 0 Å². The fourth-order valence-corrected chi connectivity index (χ4v) is 8.05. The highest BCUT2D eigenvalue weighted by atomic mass is 16.5. The standard InChI is InChI=1S/C45H64N8O10/c1-24(2)20-31-43(60)53-22-26(5)21-32(53)44(61)50(9)23-34(55)51(10)37(27(6)25(3)4)41(58)47-28(7)42(59)52(11)38(30-16-13-12-14-17-30)45(62)63-29(8)35(39(56)48-31)49-40(57)36-33(54)18-15-19-46-36/h12-19,24-29,31-32,35,37-38,54H,20-23H2,1-11H3,(H,47,58)(H,48,56)(H,49,57). The number of rotatable bonds is 7. The molecule has 0 spiro atoms. The van der Waals surface area contributed by atoms with Crippen LogP contribution in [0.25, 0.3) is 0 Å². The molecular weight excluding hydrogens is 813 g/mol. The van der Waals surface area contributed by atoms with Crippen molar-refractivity contribution in [2.24, 2.45) is 23.7 Å². The summed E-state index contributed by atoms with van der Waals surface area (Å²) < 4.78 is 5.94. The highest BCUT2D eigenvalue weighted by molar-refractivity contribution is 6.00. The minimum atomic E-state index is -1.69. The number of nitrogens with zero attached hydrogens (tertiary/aromatic N) is 5. The number of hydrogen-bond donors (Lipinski definition) is 4. The number of hydrogen-bond acceptors (Lipinski definition) is 11. The number of fused-ring (bicyclic) bond motifs is 1. The second kappa shape index (κ2) is 21.3. The van der Waals surface area contributed by atoms with Crippen molar-refractivity contribution in [3.05, 3.63) is 59.9 Å². The fourth-order valence-electron chi connectivity index (χ4n) is 8.05. The molecule has 4 N–H and O–H groups in total. The topological polar surface area (TPSA) is 228 Å². The van der Waals surface area contributed by atoms with Crippen molar-refractivity contribution < 1.29 is 48.2 Å². The number of amides is 7. The zero-order chi connectivity index (χ0) is 47.0. The summed E-state index contributed by atoms with van der Waals surface area (Å²) in [5.41, 5.74) is -0.0965. The first-order valence-electron chi connectivity index (χ1n) is 21.4. The molecule has 1 aromatic heterocycles. The largest absolute Gasteiger partial charge is 0.505 e. The van der Waals surface area contributed by atoms with Crippen molar-refractivity contribution in [1.29, 1.82) is 0 Å². The number of benzene rings is 1. The Labute approximate surface area is 369 Å². The molecule has 0 radical (unpaired) electrons. The zero-order valence-electron chi connectivity index (χ0n) is 38.2. The van der Waals surface area contributed by atoms with Gasteiger partial charge < -0.3 is 45.4 Å². The first-order valence-corrected chi connectivity index (χ1v) is 21.4. The lowest BCUT2D eigenvalue weighted by Crippen LogP contribution is -2.60. The van der Waals surface area contributed by atoms with Crippen LogP contribution >= 0.6 is 0 Å². The summed E-state index contributed by atoms with van der Waals surface area (Å²) in [5.74, 6) is -7.17. The summed E-state index contributed by atoms with van der Waals surface area (Å²) >= 11 is 0. The van der Waals surface area contributed by atoms with E-state index in [1.807, 2.05) is 41.5 Å². The van der Waals surface area contributed by atoms with Gasteiger partial charge in [-0.1, -0.05) is 71.9 Å². The van der Waals surface area contributed by atoms with E-state index < -0.39 is 114 Å². The van der Waals surface area contributed by atoms with E-state index in [-0.39, 0.29) is 37.1 Å². The smallest absolute Gasteiger partial charge is 0.333 e. The van der Waals surface area contributed by atoms with Gasteiger partial charge in [0.05, 0.1) is 6.54 Å². The number of cyclic esters (lactones) is 1. The molecule has 2 aromatic rings. The van der Waals surface area contributed by atoms with E-state index in [1.54, 1.807) is 30.3 Å². The Morgan fingerprint density at radius 2 is 1.51 bits per heavy atom. The van der Waals surface area contributed by atoms with Gasteiger partial charge in [0.15, 0.2) is 11.7 Å². The molecule has 0 aliphatic carbocycles. The first kappa shape index (κ1) is 49.6. The van der Waals surface area contributed by atoms with E-state index in [0.717, 1.165) is 4.90 Å². The third-order valence-electron chi connectivity index (χ3n) is 11.9. The van der Waals surface area contributed by atoms with Crippen molar-refractivity contribution in [2.45, 2.75) is 111 Å². The molecule has 4 rings (SSSR count). The molecule has 63 heavy (non-hydrogen) atoms. The number of pyridine rings is 1. The molecule has 7 amide bonds. The van der Waals surface area contributed by atoms with Crippen molar-refractivity contribution >= 4 is 47.3 Å². The number of carbonyl (C=O) groups excluding carboxylic acids is 8. The molecule has 344 valence electrons. The molecular formula is C45H64N8O10. The van der Waals surface area contributed by atoms with Gasteiger partial charge in [-0.15, -0.1) is 0 Å². The lowest BCUT2D eigenvalue weighted by atomic mass is 9.88. The van der Waals surface area contributed by atoms with E-state index in [9.17, 15) is 43.5 Å². The van der Waals surface area contributed by atoms with Gasteiger partial charge in [-0.05, 0) is 68.1 Å². The maximum atomic E-state index is 14.6. The summed E-state index contributed by atoms with van der Waals surface area (Å²) in [4.78, 5) is 122. The van der Waals surface area contributed by atoms with E-state index in [2.05, 4.69) is 20.9 Å². The van der Waals surface area contributed by atoms with Crippen LogP contribution in [0, 0.1) is 23.7 Å². The second-order valence-electron chi connectivity index (χ2n) is 17.7. The maximum Gasteiger partial charge on any atom is 0.333 e. The minimum Gasteiger partial charge on any atom is -0.505 e. The summed E-state index contributed by atoms with van der Waals surface area (Å²) in [7, 11) is 4.26. The Kier molecular flexibility index (Phi) is 16.8. The number of likely N-dealkylation sites (N-methyl/N-ethyl adjacent to an activating group) is 3. The summed E-state index contributed by atoms with van der Waals surface area (Å²) in [6.07, 6.45) is 0.190. The van der Waals surface area contributed by atoms with Gasteiger partial charge in [-0.2, -0.15) is 0 Å². The molecule has 2 fully saturated rings. The van der Waals surface area contributed by atoms with Crippen LogP contribution in [0.4, 0.5) is 0 Å². The third-order valence-corrected chi connectivity index (χ3v) is 11.9. The van der Waals surface area contributed by atoms with Crippen molar-refractivity contribution in [1.82, 2.24) is 40.5 Å². The maximum absolute atomic E-state index is 14.6. The Morgan fingerprint density at radius 3 is 2.11 bits per heavy atom. The molecule has 9 atom stereocenters. The van der Waals surface area contributed by atoms with E-state index in [0.29, 0.717) is 5.56 Å². The first-order chi connectivity index (χ1) is 29.5. The van der Waals surface area contributed by atoms with E-state index >= 15 is 0 Å². The van der Waals surface area contributed by atoms with E-state index in [4.69, 9.17) is 4.74 Å². The lowest BCUT2D eigenvalue weighted by molar-refractivity contribution is -0.161.